The molecule has 0 bridgehead atoms. The first-order valence-corrected chi connectivity index (χ1v) is 8.53. The van der Waals surface area contributed by atoms with Gasteiger partial charge in [-0.15, -0.1) is 11.3 Å². The maximum absolute atomic E-state index is 11.9. The lowest BCUT2D eigenvalue weighted by molar-refractivity contribution is 0.291. The van der Waals surface area contributed by atoms with Crippen LogP contribution in [0, 0.1) is 0 Å². The number of hydrogen-bond acceptors (Lipinski definition) is 5. The van der Waals surface area contributed by atoms with Crippen molar-refractivity contribution in [3.8, 4) is 0 Å². The molecule has 0 saturated heterocycles. The van der Waals surface area contributed by atoms with Crippen LogP contribution in [0.4, 0.5) is 0 Å². The molecule has 6 heteroatoms. The Kier molecular flexibility index (Phi) is 4.95. The molecule has 0 saturated carbocycles. The van der Waals surface area contributed by atoms with Gasteiger partial charge in [-0.1, -0.05) is 18.2 Å². The van der Waals surface area contributed by atoms with E-state index < -0.39 is 0 Å². The highest BCUT2D eigenvalue weighted by Crippen LogP contribution is 2.22. The topological polar surface area (TPSA) is 50.4 Å². The van der Waals surface area contributed by atoms with Crippen LogP contribution in [0.15, 0.2) is 51.0 Å². The molecule has 0 unspecified atom stereocenters. The summed E-state index contributed by atoms with van der Waals surface area (Å²) in [7, 11) is 4.17. The Morgan fingerprint density at radius 3 is 2.83 bits per heavy atom. The smallest absolute Gasteiger partial charge is 0.408 e. The lowest BCUT2D eigenvalue weighted by Crippen LogP contribution is -2.33. The van der Waals surface area contributed by atoms with Crippen molar-refractivity contribution in [3.63, 3.8) is 0 Å². The number of likely N-dealkylation sites (N-methyl/N-ethyl adjacent to an activating group) is 1. The summed E-state index contributed by atoms with van der Waals surface area (Å²) in [5.74, 6) is -0.296. The van der Waals surface area contributed by atoms with Crippen molar-refractivity contribution in [2.24, 2.45) is 0 Å². The standard InChI is InChI=1S/C17H21N3O2S/c1-19(2)14(16-8-5-11-23-16)12-18-9-10-20-13-6-3-4-7-15(13)22-17(20)21/h3-8,11,14,18H,9-10,12H2,1-2H3/t14-/m0/s1. The highest BCUT2D eigenvalue weighted by Gasteiger charge is 2.14. The summed E-state index contributed by atoms with van der Waals surface area (Å²) >= 11 is 1.77. The SMILES string of the molecule is CN(C)[C@@H](CNCCn1c(=O)oc2ccccc21)c1cccs1. The summed E-state index contributed by atoms with van der Waals surface area (Å²) in [6, 6.07) is 12.1. The lowest BCUT2D eigenvalue weighted by atomic mass is 10.2. The summed E-state index contributed by atoms with van der Waals surface area (Å²) in [4.78, 5) is 15.5. The predicted molar refractivity (Wildman–Crippen MR) is 94.1 cm³/mol. The van der Waals surface area contributed by atoms with Gasteiger partial charge in [-0.2, -0.15) is 0 Å². The largest absolute Gasteiger partial charge is 0.419 e. The molecule has 0 aliphatic carbocycles. The molecule has 3 aromatic rings. The van der Waals surface area contributed by atoms with E-state index in [0.717, 1.165) is 18.6 Å². The number of nitrogens with zero attached hydrogens (tertiary/aromatic N) is 2. The van der Waals surface area contributed by atoms with E-state index in [4.69, 9.17) is 4.42 Å². The fourth-order valence-electron chi connectivity index (χ4n) is 2.67. The van der Waals surface area contributed by atoms with Gasteiger partial charge < -0.3 is 14.6 Å². The second kappa shape index (κ2) is 7.12. The zero-order chi connectivity index (χ0) is 16.2. The van der Waals surface area contributed by atoms with Gasteiger partial charge >= 0.3 is 5.76 Å². The molecule has 1 atom stereocenters. The lowest BCUT2D eigenvalue weighted by Gasteiger charge is -2.23. The van der Waals surface area contributed by atoms with Gasteiger partial charge in [-0.3, -0.25) is 4.57 Å². The third-order valence-electron chi connectivity index (χ3n) is 3.92. The van der Waals surface area contributed by atoms with Crippen molar-refractivity contribution in [1.29, 1.82) is 0 Å². The Hall–Kier alpha value is -1.89. The monoisotopic (exact) mass is 331 g/mol. The van der Waals surface area contributed by atoms with Gasteiger partial charge in [-0.05, 0) is 37.7 Å². The highest BCUT2D eigenvalue weighted by atomic mass is 32.1. The molecule has 0 radical (unpaired) electrons. The van der Waals surface area contributed by atoms with Crippen molar-refractivity contribution in [3.05, 3.63) is 57.2 Å². The van der Waals surface area contributed by atoms with Gasteiger partial charge in [0, 0.05) is 24.5 Å². The molecule has 2 heterocycles. The first-order chi connectivity index (χ1) is 11.2. The maximum atomic E-state index is 11.9. The van der Waals surface area contributed by atoms with E-state index in [1.165, 1.54) is 4.88 Å². The van der Waals surface area contributed by atoms with Crippen LogP contribution in [-0.2, 0) is 6.54 Å². The van der Waals surface area contributed by atoms with Crippen molar-refractivity contribution < 1.29 is 4.42 Å². The van der Waals surface area contributed by atoms with Crippen LogP contribution in [0.3, 0.4) is 0 Å². The summed E-state index contributed by atoms with van der Waals surface area (Å²) in [6.07, 6.45) is 0. The number of benzene rings is 1. The Balaban J connectivity index is 1.60. The molecule has 122 valence electrons. The zero-order valence-electron chi connectivity index (χ0n) is 13.4. The molecule has 1 N–H and O–H groups in total. The van der Waals surface area contributed by atoms with E-state index in [-0.39, 0.29) is 5.76 Å². The molecule has 0 spiro atoms. The zero-order valence-corrected chi connectivity index (χ0v) is 14.2. The quantitative estimate of drug-likeness (QED) is 0.676. The number of hydrogen-bond donors (Lipinski definition) is 1. The van der Waals surface area contributed by atoms with Crippen LogP contribution < -0.4 is 11.1 Å². The van der Waals surface area contributed by atoms with Crippen molar-refractivity contribution in [2.45, 2.75) is 12.6 Å². The number of fused-ring (bicyclic) bond motifs is 1. The van der Waals surface area contributed by atoms with Gasteiger partial charge in [0.05, 0.1) is 11.6 Å². The van der Waals surface area contributed by atoms with Crippen LogP contribution in [-0.4, -0.2) is 36.7 Å². The molecule has 1 aromatic carbocycles. The number of aromatic nitrogens is 1. The summed E-state index contributed by atoms with van der Waals surface area (Å²) in [6.45, 7) is 2.16. The van der Waals surface area contributed by atoms with E-state index in [0.29, 0.717) is 18.2 Å². The van der Waals surface area contributed by atoms with Crippen LogP contribution in [0.5, 0.6) is 0 Å². The second-order valence-electron chi connectivity index (χ2n) is 5.69. The third-order valence-corrected chi connectivity index (χ3v) is 4.89. The number of para-hydroxylation sites is 2. The Labute approximate surface area is 139 Å². The maximum Gasteiger partial charge on any atom is 0.419 e. The highest BCUT2D eigenvalue weighted by molar-refractivity contribution is 7.10. The van der Waals surface area contributed by atoms with Gasteiger partial charge in [0.25, 0.3) is 0 Å². The minimum atomic E-state index is -0.296. The predicted octanol–water partition coefficient (Wildman–Crippen LogP) is 2.55. The minimum absolute atomic E-state index is 0.296. The molecular weight excluding hydrogens is 310 g/mol. The molecule has 0 fully saturated rings. The Morgan fingerprint density at radius 1 is 1.26 bits per heavy atom. The molecule has 0 aliphatic rings. The minimum Gasteiger partial charge on any atom is -0.408 e. The van der Waals surface area contributed by atoms with Crippen LogP contribution in [0.1, 0.15) is 10.9 Å². The van der Waals surface area contributed by atoms with Gasteiger partial charge in [0.1, 0.15) is 0 Å². The fraction of sp³-hybridized carbons (Fsp3) is 0.353. The second-order valence-corrected chi connectivity index (χ2v) is 6.67. The summed E-state index contributed by atoms with van der Waals surface area (Å²) in [5.41, 5.74) is 1.49. The Bertz CT molecular complexity index is 805. The number of nitrogens with one attached hydrogen (secondary N) is 1. The van der Waals surface area contributed by atoms with Crippen LogP contribution in [0.2, 0.25) is 0 Å². The van der Waals surface area contributed by atoms with Crippen LogP contribution in [0.25, 0.3) is 11.1 Å². The van der Waals surface area contributed by atoms with Crippen LogP contribution >= 0.6 is 11.3 Å². The van der Waals surface area contributed by atoms with Gasteiger partial charge in [0.15, 0.2) is 5.58 Å². The van der Waals surface area contributed by atoms with E-state index >= 15 is 0 Å². The van der Waals surface area contributed by atoms with Gasteiger partial charge in [0.2, 0.25) is 0 Å². The number of oxazole rings is 1. The molecule has 23 heavy (non-hydrogen) atoms. The third kappa shape index (κ3) is 3.55. The molecule has 5 nitrogen and oxygen atoms in total. The number of rotatable bonds is 7. The average Bonchev–Trinajstić information content (AvgIpc) is 3.15. The van der Waals surface area contributed by atoms with E-state index in [2.05, 4.69) is 41.8 Å². The summed E-state index contributed by atoms with van der Waals surface area (Å²) < 4.78 is 6.93. The van der Waals surface area contributed by atoms with E-state index in [9.17, 15) is 4.79 Å². The van der Waals surface area contributed by atoms with E-state index in [1.807, 2.05) is 24.3 Å². The molecular formula is C17H21N3O2S. The van der Waals surface area contributed by atoms with Crippen molar-refractivity contribution in [1.82, 2.24) is 14.8 Å². The molecule has 0 amide bonds. The van der Waals surface area contributed by atoms with Crippen molar-refractivity contribution in [2.75, 3.05) is 27.2 Å². The molecule has 0 aliphatic heterocycles. The van der Waals surface area contributed by atoms with Gasteiger partial charge in [-0.25, -0.2) is 4.79 Å². The number of thiophene rings is 1. The molecule has 2 aromatic heterocycles. The fourth-order valence-corrected chi connectivity index (χ4v) is 3.60. The Morgan fingerprint density at radius 2 is 2.09 bits per heavy atom. The van der Waals surface area contributed by atoms with E-state index in [1.54, 1.807) is 15.9 Å². The first-order valence-electron chi connectivity index (χ1n) is 7.65. The normalized spacial score (nSPS) is 13.0. The van der Waals surface area contributed by atoms with Crippen molar-refractivity contribution >= 4 is 22.4 Å². The summed E-state index contributed by atoms with van der Waals surface area (Å²) in [5, 5.41) is 5.55. The molecule has 3 rings (SSSR count). The average molecular weight is 331 g/mol. The first kappa shape index (κ1) is 16.0.